The average molecular weight is 324 g/mol. The minimum Gasteiger partial charge on any atom is -0.338 e. The number of rotatable bonds is 1. The SMILES string of the molecule is CC(C)(C)c1ccc(C(=O)N2CCCC(Br)C2)cc1. The molecule has 0 saturated carbocycles. The van der Waals surface area contributed by atoms with Crippen LogP contribution in [0.25, 0.3) is 0 Å². The Morgan fingerprint density at radius 1 is 1.26 bits per heavy atom. The number of piperidine rings is 1. The first-order valence-electron chi connectivity index (χ1n) is 6.92. The van der Waals surface area contributed by atoms with Crippen molar-refractivity contribution in [3.8, 4) is 0 Å². The molecule has 1 amide bonds. The van der Waals surface area contributed by atoms with Crippen molar-refractivity contribution in [1.82, 2.24) is 4.90 Å². The van der Waals surface area contributed by atoms with E-state index in [0.717, 1.165) is 31.5 Å². The van der Waals surface area contributed by atoms with Crippen molar-refractivity contribution in [2.24, 2.45) is 0 Å². The van der Waals surface area contributed by atoms with Crippen LogP contribution in [0.15, 0.2) is 24.3 Å². The predicted octanol–water partition coefficient (Wildman–Crippen LogP) is 3.98. The highest BCUT2D eigenvalue weighted by Gasteiger charge is 2.23. The third-order valence-electron chi connectivity index (χ3n) is 3.65. The molecule has 1 aliphatic rings. The highest BCUT2D eigenvalue weighted by atomic mass is 79.9. The maximum atomic E-state index is 12.4. The Balaban J connectivity index is 2.11. The largest absolute Gasteiger partial charge is 0.338 e. The summed E-state index contributed by atoms with van der Waals surface area (Å²) in [4.78, 5) is 14.8. The Bertz CT molecular complexity index is 447. The van der Waals surface area contributed by atoms with Gasteiger partial charge < -0.3 is 4.90 Å². The monoisotopic (exact) mass is 323 g/mol. The van der Waals surface area contributed by atoms with Crippen molar-refractivity contribution in [2.45, 2.75) is 43.9 Å². The summed E-state index contributed by atoms with van der Waals surface area (Å²) in [6, 6.07) is 8.06. The molecule has 1 heterocycles. The van der Waals surface area contributed by atoms with Gasteiger partial charge >= 0.3 is 0 Å². The van der Waals surface area contributed by atoms with E-state index in [4.69, 9.17) is 0 Å². The standard InChI is InChI=1S/C16H22BrNO/c1-16(2,3)13-8-6-12(7-9-13)15(19)18-10-4-5-14(17)11-18/h6-9,14H,4-5,10-11H2,1-3H3. The zero-order valence-corrected chi connectivity index (χ0v) is 13.5. The van der Waals surface area contributed by atoms with E-state index in [1.165, 1.54) is 5.56 Å². The molecule has 1 saturated heterocycles. The minimum absolute atomic E-state index is 0.133. The van der Waals surface area contributed by atoms with Gasteiger partial charge in [-0.3, -0.25) is 4.79 Å². The molecule has 1 unspecified atom stereocenters. The molecule has 0 bridgehead atoms. The normalized spacial score (nSPS) is 20.4. The molecule has 1 aromatic rings. The Morgan fingerprint density at radius 3 is 2.42 bits per heavy atom. The Morgan fingerprint density at radius 2 is 1.89 bits per heavy atom. The summed E-state index contributed by atoms with van der Waals surface area (Å²) in [5.74, 6) is 0.157. The predicted molar refractivity (Wildman–Crippen MR) is 83.0 cm³/mol. The molecule has 0 aromatic heterocycles. The van der Waals surface area contributed by atoms with Crippen molar-refractivity contribution in [1.29, 1.82) is 0 Å². The number of halogens is 1. The van der Waals surface area contributed by atoms with Crippen molar-refractivity contribution in [2.75, 3.05) is 13.1 Å². The first-order valence-corrected chi connectivity index (χ1v) is 7.83. The lowest BCUT2D eigenvalue weighted by atomic mass is 9.86. The van der Waals surface area contributed by atoms with Crippen LogP contribution >= 0.6 is 15.9 Å². The number of carbonyl (C=O) groups excluding carboxylic acids is 1. The van der Waals surface area contributed by atoms with Gasteiger partial charge in [-0.25, -0.2) is 0 Å². The van der Waals surface area contributed by atoms with Crippen LogP contribution in [0.1, 0.15) is 49.5 Å². The topological polar surface area (TPSA) is 20.3 Å². The van der Waals surface area contributed by atoms with Crippen LogP contribution in [-0.2, 0) is 5.41 Å². The van der Waals surface area contributed by atoms with E-state index in [0.29, 0.717) is 4.83 Å². The van der Waals surface area contributed by atoms with Crippen LogP contribution in [0, 0.1) is 0 Å². The van der Waals surface area contributed by atoms with Gasteiger partial charge in [-0.1, -0.05) is 48.8 Å². The van der Waals surface area contributed by atoms with Gasteiger partial charge in [0.05, 0.1) is 0 Å². The lowest BCUT2D eigenvalue weighted by Gasteiger charge is -2.30. The van der Waals surface area contributed by atoms with Gasteiger partial charge in [0, 0.05) is 23.5 Å². The van der Waals surface area contributed by atoms with E-state index in [2.05, 4.69) is 48.8 Å². The van der Waals surface area contributed by atoms with E-state index in [1.54, 1.807) is 0 Å². The molecule has 3 heteroatoms. The third-order valence-corrected chi connectivity index (χ3v) is 4.40. The van der Waals surface area contributed by atoms with E-state index in [9.17, 15) is 4.79 Å². The lowest BCUT2D eigenvalue weighted by molar-refractivity contribution is 0.0730. The van der Waals surface area contributed by atoms with Crippen LogP contribution in [0.5, 0.6) is 0 Å². The second-order valence-corrected chi connectivity index (χ2v) is 7.61. The molecule has 0 radical (unpaired) electrons. The van der Waals surface area contributed by atoms with Crippen molar-refractivity contribution < 1.29 is 4.79 Å². The first-order chi connectivity index (χ1) is 8.88. The Kier molecular flexibility index (Phi) is 4.34. The summed E-state index contributed by atoms with van der Waals surface area (Å²) >= 11 is 3.61. The van der Waals surface area contributed by atoms with Crippen LogP contribution < -0.4 is 0 Å². The molecule has 104 valence electrons. The summed E-state index contributed by atoms with van der Waals surface area (Å²) in [5, 5.41) is 0. The molecule has 1 aliphatic heterocycles. The number of likely N-dealkylation sites (tertiary alicyclic amines) is 1. The second kappa shape index (κ2) is 5.66. The molecule has 1 aromatic carbocycles. The number of amides is 1. The summed E-state index contributed by atoms with van der Waals surface area (Å²) in [7, 11) is 0. The van der Waals surface area contributed by atoms with Gasteiger partial charge in [0.1, 0.15) is 0 Å². The maximum Gasteiger partial charge on any atom is 0.253 e. The van der Waals surface area contributed by atoms with Gasteiger partial charge in [0.15, 0.2) is 0 Å². The maximum absolute atomic E-state index is 12.4. The molecule has 0 N–H and O–H groups in total. The zero-order valence-electron chi connectivity index (χ0n) is 11.9. The number of benzene rings is 1. The summed E-state index contributed by atoms with van der Waals surface area (Å²) in [6.07, 6.45) is 2.24. The van der Waals surface area contributed by atoms with Gasteiger partial charge in [0.2, 0.25) is 0 Å². The molecule has 2 nitrogen and oxygen atoms in total. The summed E-state index contributed by atoms with van der Waals surface area (Å²) < 4.78 is 0. The number of hydrogen-bond acceptors (Lipinski definition) is 1. The minimum atomic E-state index is 0.133. The molecule has 19 heavy (non-hydrogen) atoms. The fraction of sp³-hybridized carbons (Fsp3) is 0.562. The van der Waals surface area contributed by atoms with Gasteiger partial charge in [-0.05, 0) is 36.0 Å². The molecule has 0 aliphatic carbocycles. The number of alkyl halides is 1. The summed E-state index contributed by atoms with van der Waals surface area (Å²) in [5.41, 5.74) is 2.20. The molecule has 1 fully saturated rings. The van der Waals surface area contributed by atoms with Crippen LogP contribution in [0.4, 0.5) is 0 Å². The van der Waals surface area contributed by atoms with Crippen molar-refractivity contribution in [3.05, 3.63) is 35.4 Å². The second-order valence-electron chi connectivity index (χ2n) is 6.32. The highest BCUT2D eigenvalue weighted by molar-refractivity contribution is 9.09. The van der Waals surface area contributed by atoms with E-state index in [1.807, 2.05) is 17.0 Å². The average Bonchev–Trinajstić information content (AvgIpc) is 2.37. The molecular weight excluding hydrogens is 302 g/mol. The van der Waals surface area contributed by atoms with Gasteiger partial charge in [0.25, 0.3) is 5.91 Å². The van der Waals surface area contributed by atoms with Crippen LogP contribution in [-0.4, -0.2) is 28.7 Å². The van der Waals surface area contributed by atoms with Gasteiger partial charge in [-0.2, -0.15) is 0 Å². The van der Waals surface area contributed by atoms with E-state index in [-0.39, 0.29) is 11.3 Å². The zero-order chi connectivity index (χ0) is 14.0. The molecule has 1 atom stereocenters. The quantitative estimate of drug-likeness (QED) is 0.716. The molecule has 2 rings (SSSR count). The number of carbonyl (C=O) groups is 1. The van der Waals surface area contributed by atoms with Crippen molar-refractivity contribution >= 4 is 21.8 Å². The Hall–Kier alpha value is -0.830. The smallest absolute Gasteiger partial charge is 0.253 e. The first kappa shape index (κ1) is 14.6. The van der Waals surface area contributed by atoms with Gasteiger partial charge in [-0.15, -0.1) is 0 Å². The fourth-order valence-corrected chi connectivity index (χ4v) is 3.08. The highest BCUT2D eigenvalue weighted by Crippen LogP contribution is 2.23. The molecule has 0 spiro atoms. The van der Waals surface area contributed by atoms with Crippen LogP contribution in [0.2, 0.25) is 0 Å². The molecular formula is C16H22BrNO. The number of hydrogen-bond donors (Lipinski definition) is 0. The van der Waals surface area contributed by atoms with Crippen LogP contribution in [0.3, 0.4) is 0 Å². The van der Waals surface area contributed by atoms with Crippen molar-refractivity contribution in [3.63, 3.8) is 0 Å². The fourth-order valence-electron chi connectivity index (χ4n) is 2.41. The summed E-state index contributed by atoms with van der Waals surface area (Å²) in [6.45, 7) is 8.25. The Labute approximate surface area is 124 Å². The van der Waals surface area contributed by atoms with E-state index < -0.39 is 0 Å². The third kappa shape index (κ3) is 3.59. The van der Waals surface area contributed by atoms with E-state index >= 15 is 0 Å². The number of nitrogens with zero attached hydrogens (tertiary/aromatic N) is 1. The lowest BCUT2D eigenvalue weighted by Crippen LogP contribution is -2.40.